The summed E-state index contributed by atoms with van der Waals surface area (Å²) in [6, 6.07) is 57.3. The molecule has 1 aliphatic heterocycles. The minimum Gasteiger partial charge on any atom is -0.456 e. The Morgan fingerprint density at radius 2 is 0.711 bits per heavy atom. The van der Waals surface area contributed by atoms with E-state index in [1.165, 1.54) is 41.8 Å². The van der Waals surface area contributed by atoms with Crippen LogP contribution in [-0.4, -0.2) is 0 Å². The molecule has 0 N–H and O–H groups in total. The summed E-state index contributed by atoms with van der Waals surface area (Å²) in [5.74, 6) is 0. The van der Waals surface area contributed by atoms with E-state index in [1.807, 2.05) is 12.1 Å². The predicted octanol–water partition coefficient (Wildman–Crippen LogP) is 12.5. The van der Waals surface area contributed by atoms with Gasteiger partial charge in [-0.3, -0.25) is 0 Å². The van der Waals surface area contributed by atoms with Gasteiger partial charge in [-0.1, -0.05) is 97.1 Å². The molecule has 9 aromatic rings. The lowest BCUT2D eigenvalue weighted by Gasteiger charge is -2.43. The fourth-order valence-corrected chi connectivity index (χ4v) is 11.6. The minimum atomic E-state index is -2.04. The van der Waals surface area contributed by atoms with Gasteiger partial charge < -0.3 is 8.83 Å². The lowest BCUT2D eigenvalue weighted by Crippen LogP contribution is -2.06. The molecule has 0 bridgehead atoms. The number of benzene rings is 7. The zero-order valence-corrected chi connectivity index (χ0v) is 25.1. The van der Waals surface area contributed by atoms with Crippen molar-refractivity contribution in [2.45, 2.75) is 19.6 Å². The van der Waals surface area contributed by atoms with Crippen LogP contribution in [0, 0.1) is 0 Å². The molecular formula is C42H26O2S. The number of hydrogen-bond donors (Lipinski definition) is 0. The zero-order valence-electron chi connectivity index (χ0n) is 24.2. The third kappa shape index (κ3) is 3.36. The Hall–Kier alpha value is -5.51. The van der Waals surface area contributed by atoms with Crippen molar-refractivity contribution in [2.75, 3.05) is 0 Å². The van der Waals surface area contributed by atoms with E-state index >= 15 is 0 Å². The highest BCUT2D eigenvalue weighted by Crippen LogP contribution is 2.78. The first kappa shape index (κ1) is 24.9. The zero-order chi connectivity index (χ0) is 29.5. The van der Waals surface area contributed by atoms with Crippen LogP contribution in [0.3, 0.4) is 0 Å². The minimum absolute atomic E-state index is 0.907. The normalized spacial score (nSPS) is 14.2. The fourth-order valence-electron chi connectivity index (χ4n) is 7.40. The van der Waals surface area contributed by atoms with Crippen molar-refractivity contribution in [3.8, 4) is 22.3 Å². The molecule has 0 unspecified atom stereocenters. The molecule has 0 atom stereocenters. The van der Waals surface area contributed by atoms with Gasteiger partial charge in [0.1, 0.15) is 22.3 Å². The second-order valence-corrected chi connectivity index (χ2v) is 14.7. The molecule has 0 saturated heterocycles. The van der Waals surface area contributed by atoms with Crippen molar-refractivity contribution < 1.29 is 8.83 Å². The van der Waals surface area contributed by atoms with Crippen molar-refractivity contribution in [3.05, 3.63) is 158 Å². The molecule has 0 fully saturated rings. The molecule has 2 aromatic heterocycles. The van der Waals surface area contributed by atoms with E-state index in [0.29, 0.717) is 0 Å². The maximum Gasteiger partial charge on any atom is 0.136 e. The number of para-hydroxylation sites is 2. The second kappa shape index (κ2) is 9.25. The SMILES string of the molecule is c1ccc(S2(c3ccccc3)c3cc4c(cc3-c3ccccc3-c3cc5oc6ccccc6c5cc32)oc2ccccc24)cc1. The van der Waals surface area contributed by atoms with Gasteiger partial charge in [0.25, 0.3) is 0 Å². The Labute approximate surface area is 261 Å². The first-order valence-electron chi connectivity index (χ1n) is 15.2. The van der Waals surface area contributed by atoms with Gasteiger partial charge in [0.15, 0.2) is 0 Å². The van der Waals surface area contributed by atoms with Gasteiger partial charge in [-0.05, 0) is 82.9 Å². The highest BCUT2D eigenvalue weighted by atomic mass is 32.3. The largest absolute Gasteiger partial charge is 0.456 e. The maximum absolute atomic E-state index is 6.52. The molecule has 0 saturated carbocycles. The van der Waals surface area contributed by atoms with Gasteiger partial charge in [0.2, 0.25) is 0 Å². The van der Waals surface area contributed by atoms with Crippen molar-refractivity contribution >= 4 is 53.9 Å². The number of fused-ring (bicyclic) bond motifs is 11. The van der Waals surface area contributed by atoms with E-state index in [4.69, 9.17) is 8.83 Å². The van der Waals surface area contributed by atoms with Crippen LogP contribution in [-0.2, 0) is 0 Å². The Morgan fingerprint density at radius 3 is 1.18 bits per heavy atom. The molecular weight excluding hydrogens is 569 g/mol. The third-order valence-corrected chi connectivity index (χ3v) is 13.3. The standard InChI is InChI=1S/C42H26O2S/c1-3-13-27(14-4-1)45(28-15-5-2-6-16-28)41-25-33-31-19-9-11-21-37(31)43-39(33)23-35(41)29-17-7-8-18-30(29)36-24-40-34(26-42(36)45)32-20-10-12-22-38(32)44-40/h1-26H. The lowest BCUT2D eigenvalue weighted by atomic mass is 9.93. The summed E-state index contributed by atoms with van der Waals surface area (Å²) >= 11 is 0. The molecule has 0 amide bonds. The summed E-state index contributed by atoms with van der Waals surface area (Å²) in [7, 11) is -2.04. The van der Waals surface area contributed by atoms with E-state index in [-0.39, 0.29) is 0 Å². The molecule has 1 aliphatic rings. The van der Waals surface area contributed by atoms with Gasteiger partial charge >= 0.3 is 0 Å². The third-order valence-electron chi connectivity index (χ3n) is 9.32. The van der Waals surface area contributed by atoms with Crippen LogP contribution >= 0.6 is 10.0 Å². The molecule has 0 spiro atoms. The summed E-state index contributed by atoms with van der Waals surface area (Å²) in [4.78, 5) is 5.23. The quantitative estimate of drug-likeness (QED) is 0.199. The molecule has 3 heterocycles. The van der Waals surface area contributed by atoms with Crippen molar-refractivity contribution in [3.63, 3.8) is 0 Å². The molecule has 0 aliphatic carbocycles. The van der Waals surface area contributed by atoms with Gasteiger partial charge in [-0.15, -0.1) is 10.0 Å². The Bertz CT molecular complexity index is 2410. The van der Waals surface area contributed by atoms with Gasteiger partial charge in [0, 0.05) is 41.1 Å². The number of rotatable bonds is 2. The number of hydrogen-bond acceptors (Lipinski definition) is 2. The Morgan fingerprint density at radius 1 is 0.311 bits per heavy atom. The molecule has 7 aromatic carbocycles. The van der Waals surface area contributed by atoms with E-state index < -0.39 is 10.0 Å². The Balaban J connectivity index is 1.49. The van der Waals surface area contributed by atoms with E-state index in [2.05, 4.69) is 146 Å². The molecule has 2 nitrogen and oxygen atoms in total. The summed E-state index contributed by atoms with van der Waals surface area (Å²) in [5, 5.41) is 4.56. The van der Waals surface area contributed by atoms with E-state index in [0.717, 1.165) is 43.9 Å². The smallest absolute Gasteiger partial charge is 0.136 e. The van der Waals surface area contributed by atoms with Crippen LogP contribution in [0.4, 0.5) is 0 Å². The highest BCUT2D eigenvalue weighted by molar-refractivity contribution is 8.34. The van der Waals surface area contributed by atoms with Crippen LogP contribution in [0.1, 0.15) is 0 Å². The highest BCUT2D eigenvalue weighted by Gasteiger charge is 2.41. The van der Waals surface area contributed by atoms with Crippen LogP contribution in [0.15, 0.2) is 186 Å². The summed E-state index contributed by atoms with van der Waals surface area (Å²) < 4.78 is 13.0. The predicted molar refractivity (Wildman–Crippen MR) is 185 cm³/mol. The van der Waals surface area contributed by atoms with Crippen LogP contribution in [0.2, 0.25) is 0 Å². The fraction of sp³-hybridized carbons (Fsp3) is 0. The van der Waals surface area contributed by atoms with Crippen LogP contribution in [0.5, 0.6) is 0 Å². The second-order valence-electron chi connectivity index (χ2n) is 11.7. The van der Waals surface area contributed by atoms with Crippen LogP contribution < -0.4 is 0 Å². The molecule has 0 radical (unpaired) electrons. The van der Waals surface area contributed by atoms with Gasteiger partial charge in [-0.25, -0.2) is 0 Å². The molecule has 45 heavy (non-hydrogen) atoms. The topological polar surface area (TPSA) is 26.3 Å². The van der Waals surface area contributed by atoms with E-state index in [9.17, 15) is 0 Å². The first-order valence-corrected chi connectivity index (χ1v) is 16.9. The molecule has 212 valence electrons. The summed E-state index contributed by atoms with van der Waals surface area (Å²) in [6.07, 6.45) is 0. The van der Waals surface area contributed by atoms with Gasteiger partial charge in [0.05, 0.1) is 0 Å². The average molecular weight is 595 g/mol. The average Bonchev–Trinajstić information content (AvgIpc) is 3.63. The lowest BCUT2D eigenvalue weighted by molar-refractivity contribution is 0.668. The van der Waals surface area contributed by atoms with E-state index in [1.54, 1.807) is 0 Å². The Kier molecular flexibility index (Phi) is 5.11. The monoisotopic (exact) mass is 594 g/mol. The van der Waals surface area contributed by atoms with Crippen molar-refractivity contribution in [2.24, 2.45) is 0 Å². The summed E-state index contributed by atoms with van der Waals surface area (Å²) in [6.45, 7) is 0. The van der Waals surface area contributed by atoms with Crippen LogP contribution in [0.25, 0.3) is 66.1 Å². The summed E-state index contributed by atoms with van der Waals surface area (Å²) in [5.41, 5.74) is 8.45. The number of furan rings is 2. The van der Waals surface area contributed by atoms with Gasteiger partial charge in [-0.2, -0.15) is 0 Å². The van der Waals surface area contributed by atoms with Crippen molar-refractivity contribution in [1.82, 2.24) is 0 Å². The van der Waals surface area contributed by atoms with Crippen molar-refractivity contribution in [1.29, 1.82) is 0 Å². The maximum atomic E-state index is 6.52. The molecule has 10 rings (SSSR count). The first-order chi connectivity index (χ1) is 22.3. The molecule has 3 heteroatoms.